The maximum Gasteiger partial charge on any atom is 0.298 e. The molecule has 1 heterocycles. The van der Waals surface area contributed by atoms with E-state index in [9.17, 15) is 16.8 Å². The van der Waals surface area contributed by atoms with E-state index in [0.29, 0.717) is 0 Å². The summed E-state index contributed by atoms with van der Waals surface area (Å²) in [5.74, 6) is 0. The number of aromatic amines is 1. The van der Waals surface area contributed by atoms with Gasteiger partial charge >= 0.3 is 0 Å². The van der Waals surface area contributed by atoms with Crippen LogP contribution in [0.25, 0.3) is 5.69 Å². The monoisotopic (exact) mass is 307 g/mol. The van der Waals surface area contributed by atoms with E-state index in [-0.39, 0.29) is 0 Å². The maximum absolute atomic E-state index is 11.2. The Kier molecular flexibility index (Phi) is 3.09. The second kappa shape index (κ2) is 4.34. The highest BCUT2D eigenvalue weighted by atomic mass is 32.2. The summed E-state index contributed by atoms with van der Waals surface area (Å²) in [7, 11) is -9.43. The van der Waals surface area contributed by atoms with Crippen LogP contribution in [-0.2, 0) is 20.2 Å². The molecule has 0 atom stereocenters. The summed E-state index contributed by atoms with van der Waals surface area (Å²) < 4.78 is 64.0. The van der Waals surface area contributed by atoms with Crippen molar-refractivity contribution in [3.63, 3.8) is 0 Å². The van der Waals surface area contributed by atoms with Gasteiger partial charge in [0.05, 0.1) is 0 Å². The van der Waals surface area contributed by atoms with Crippen molar-refractivity contribution in [2.75, 3.05) is 0 Å². The predicted octanol–water partition coefficient (Wildman–Crippen LogP) is -1.43. The molecule has 0 amide bonds. The lowest BCUT2D eigenvalue weighted by Crippen LogP contribution is -2.36. The van der Waals surface area contributed by atoms with E-state index in [1.807, 2.05) is 0 Å². The van der Waals surface area contributed by atoms with Gasteiger partial charge in [0, 0.05) is 0 Å². The lowest BCUT2D eigenvalue weighted by atomic mass is 10.3. The Hall–Kier alpha value is -1.89. The van der Waals surface area contributed by atoms with Gasteiger partial charge in [0.1, 0.15) is 14.9 Å². The number of hydrogen-bond donors (Lipinski definition) is 3. The molecule has 0 spiro atoms. The van der Waals surface area contributed by atoms with Crippen LogP contribution in [0.3, 0.4) is 0 Å². The normalized spacial score (nSPS) is 12.5. The molecule has 19 heavy (non-hydrogen) atoms. The number of rotatable bonds is 3. The van der Waals surface area contributed by atoms with Crippen molar-refractivity contribution < 1.29 is 30.6 Å². The second-order valence-electron chi connectivity index (χ2n) is 3.35. The number of nitrogens with zero attached hydrogens (tertiary/aromatic N) is 3. The first-order valence-electron chi connectivity index (χ1n) is 4.57. The minimum absolute atomic E-state index is 0.516. The fourth-order valence-corrected chi connectivity index (χ4v) is 2.91. The molecule has 2 aromatic rings. The number of aromatic nitrogens is 4. The zero-order valence-electron chi connectivity index (χ0n) is 8.99. The molecule has 0 unspecified atom stereocenters. The van der Waals surface area contributed by atoms with Gasteiger partial charge in [0.25, 0.3) is 26.6 Å². The van der Waals surface area contributed by atoms with Crippen LogP contribution in [0.5, 0.6) is 0 Å². The average molecular weight is 307 g/mol. The van der Waals surface area contributed by atoms with E-state index in [1.165, 1.54) is 0 Å². The van der Waals surface area contributed by atoms with Crippen molar-refractivity contribution in [2.24, 2.45) is 0 Å². The third-order valence-corrected chi connectivity index (χ3v) is 3.91. The van der Waals surface area contributed by atoms with Crippen LogP contribution >= 0.6 is 0 Å². The lowest BCUT2D eigenvalue weighted by Gasteiger charge is -2.07. The molecule has 0 fully saturated rings. The van der Waals surface area contributed by atoms with Crippen molar-refractivity contribution in [2.45, 2.75) is 9.79 Å². The van der Waals surface area contributed by atoms with Crippen LogP contribution in [-0.4, -0.2) is 41.5 Å². The molecule has 0 aliphatic heterocycles. The van der Waals surface area contributed by atoms with Gasteiger partial charge in [0.2, 0.25) is 0 Å². The Morgan fingerprint density at radius 3 is 1.95 bits per heavy atom. The third-order valence-electron chi connectivity index (χ3n) is 2.14. The SMILES string of the molecule is O=S(=O)(O)c1cccc(S(=O)(=O)O)c1-[n+]1cnn[nH]1. The van der Waals surface area contributed by atoms with Crippen molar-refractivity contribution in [3.05, 3.63) is 24.5 Å². The van der Waals surface area contributed by atoms with Gasteiger partial charge < -0.3 is 0 Å². The van der Waals surface area contributed by atoms with Gasteiger partial charge in [-0.3, -0.25) is 9.11 Å². The molecule has 2 rings (SSSR count). The molecule has 0 saturated carbocycles. The van der Waals surface area contributed by atoms with Crippen LogP contribution in [0.15, 0.2) is 34.3 Å². The summed E-state index contributed by atoms with van der Waals surface area (Å²) in [5, 5.41) is 8.81. The average Bonchev–Trinajstić information content (AvgIpc) is 2.78. The van der Waals surface area contributed by atoms with Crippen molar-refractivity contribution >= 4 is 20.2 Å². The van der Waals surface area contributed by atoms with E-state index in [1.54, 1.807) is 0 Å². The predicted molar refractivity (Wildman–Crippen MR) is 57.5 cm³/mol. The van der Waals surface area contributed by atoms with Gasteiger partial charge in [0.15, 0.2) is 10.9 Å². The van der Waals surface area contributed by atoms with Crippen LogP contribution in [0.1, 0.15) is 0 Å². The number of nitrogens with one attached hydrogen (secondary N) is 1. The fourth-order valence-electron chi connectivity index (χ4n) is 1.44. The van der Waals surface area contributed by atoms with Crippen molar-refractivity contribution in [1.29, 1.82) is 0 Å². The van der Waals surface area contributed by atoms with E-state index in [0.717, 1.165) is 29.2 Å². The van der Waals surface area contributed by atoms with Crippen LogP contribution in [0.2, 0.25) is 0 Å². The van der Waals surface area contributed by atoms with Crippen LogP contribution < -0.4 is 4.68 Å². The van der Waals surface area contributed by atoms with Crippen LogP contribution in [0.4, 0.5) is 0 Å². The van der Waals surface area contributed by atoms with Gasteiger partial charge in [-0.2, -0.15) is 16.8 Å². The molecule has 0 aliphatic carbocycles. The second-order valence-corrected chi connectivity index (χ2v) is 6.13. The largest absolute Gasteiger partial charge is 0.298 e. The van der Waals surface area contributed by atoms with Crippen molar-refractivity contribution in [3.8, 4) is 5.69 Å². The smallest absolute Gasteiger partial charge is 0.282 e. The molecule has 12 heteroatoms. The minimum Gasteiger partial charge on any atom is -0.282 e. The molecule has 1 aromatic carbocycles. The first-order chi connectivity index (χ1) is 8.71. The van der Waals surface area contributed by atoms with E-state index >= 15 is 0 Å². The third kappa shape index (κ3) is 2.60. The Morgan fingerprint density at radius 1 is 1.05 bits per heavy atom. The topological polar surface area (TPSA) is 154 Å². The fraction of sp³-hybridized carbons (Fsp3) is 0. The van der Waals surface area contributed by atoms with E-state index in [4.69, 9.17) is 9.11 Å². The van der Waals surface area contributed by atoms with E-state index < -0.39 is 35.7 Å². The first kappa shape index (κ1) is 13.5. The highest BCUT2D eigenvalue weighted by Crippen LogP contribution is 2.22. The zero-order valence-corrected chi connectivity index (χ0v) is 10.6. The molecule has 0 aliphatic rings. The zero-order chi connectivity index (χ0) is 14.3. The molecular formula is C7H7N4O6S2+. The first-order valence-corrected chi connectivity index (χ1v) is 7.45. The summed E-state index contributed by atoms with van der Waals surface area (Å²) in [6.07, 6.45) is 0.971. The standard InChI is InChI=1S/C7H6N4O6S2/c12-18(13,14)5-2-1-3-6(19(15,16)17)7(5)11-4-8-9-10-11/h1-4H,(H2,12,13,14,15,16,17)/p+1. The molecule has 10 nitrogen and oxygen atoms in total. The van der Waals surface area contributed by atoms with Gasteiger partial charge in [-0.05, 0) is 12.1 Å². The van der Waals surface area contributed by atoms with Crippen LogP contribution in [0, 0.1) is 0 Å². The molecule has 1 aromatic heterocycles. The number of hydrogen-bond acceptors (Lipinski definition) is 6. The van der Waals surface area contributed by atoms with Gasteiger partial charge in [-0.25, -0.2) is 0 Å². The Morgan fingerprint density at radius 2 is 1.58 bits per heavy atom. The van der Waals surface area contributed by atoms with Gasteiger partial charge in [-0.15, -0.1) is 4.68 Å². The number of H-pyrrole nitrogens is 1. The summed E-state index contributed by atoms with van der Waals surface area (Å²) >= 11 is 0. The number of tetrazole rings is 1. The summed E-state index contributed by atoms with van der Waals surface area (Å²) in [6.45, 7) is 0. The van der Waals surface area contributed by atoms with Crippen molar-refractivity contribution in [1.82, 2.24) is 15.5 Å². The molecule has 0 bridgehead atoms. The molecule has 102 valence electrons. The summed E-state index contributed by atoms with van der Waals surface area (Å²) in [4.78, 5) is -1.45. The number of benzene rings is 1. The maximum atomic E-state index is 11.2. The number of para-hydroxylation sites is 1. The quantitative estimate of drug-likeness (QED) is 0.461. The highest BCUT2D eigenvalue weighted by Gasteiger charge is 2.28. The summed E-state index contributed by atoms with van der Waals surface area (Å²) in [5.41, 5.74) is -0.516. The Bertz CT molecular complexity index is 761. The highest BCUT2D eigenvalue weighted by molar-refractivity contribution is 7.86. The lowest BCUT2D eigenvalue weighted by molar-refractivity contribution is -0.665. The summed E-state index contributed by atoms with van der Waals surface area (Å²) in [6, 6.07) is 2.99. The Labute approximate surface area is 107 Å². The van der Waals surface area contributed by atoms with E-state index in [2.05, 4.69) is 15.5 Å². The molecule has 0 radical (unpaired) electrons. The molecule has 3 N–H and O–H groups in total. The molecule has 0 saturated heterocycles. The molecular weight excluding hydrogens is 300 g/mol. The minimum atomic E-state index is -4.71. The Balaban J connectivity index is 2.94. The van der Waals surface area contributed by atoms with Gasteiger partial charge in [-0.1, -0.05) is 11.3 Å².